The molecule has 2 rings (SSSR count). The number of carboxylic acid groups (broad SMARTS) is 1. The molecule has 7 nitrogen and oxygen atoms in total. The average molecular weight is 248 g/mol. The van der Waals surface area contributed by atoms with Gasteiger partial charge in [0.25, 0.3) is 0 Å². The lowest BCUT2D eigenvalue weighted by molar-refractivity contribution is 0.0693. The predicted octanol–water partition coefficient (Wildman–Crippen LogP) is 1.20. The quantitative estimate of drug-likeness (QED) is 0.845. The normalized spacial score (nSPS) is 10.3. The van der Waals surface area contributed by atoms with Crippen molar-refractivity contribution in [3.05, 3.63) is 29.6 Å². The van der Waals surface area contributed by atoms with Crippen LogP contribution in [0.3, 0.4) is 0 Å². The summed E-state index contributed by atoms with van der Waals surface area (Å²) < 4.78 is 6.93. The fraction of sp³-hybridized carbons (Fsp3) is 0.182. The molecule has 0 radical (unpaired) electrons. The Kier molecular flexibility index (Phi) is 2.88. The Morgan fingerprint density at radius 3 is 2.78 bits per heavy atom. The van der Waals surface area contributed by atoms with Gasteiger partial charge in [-0.3, -0.25) is 0 Å². The zero-order valence-corrected chi connectivity index (χ0v) is 9.91. The second-order valence-electron chi connectivity index (χ2n) is 3.78. The van der Waals surface area contributed by atoms with Gasteiger partial charge in [0.15, 0.2) is 0 Å². The summed E-state index contributed by atoms with van der Waals surface area (Å²) in [6.45, 7) is 1.81. The lowest BCUT2D eigenvalue weighted by atomic mass is 10.2. The molecule has 0 fully saturated rings. The summed E-state index contributed by atoms with van der Waals surface area (Å²) in [6, 6.07) is 2.98. The molecule has 0 aliphatic rings. The van der Waals surface area contributed by atoms with Crippen molar-refractivity contribution in [3.63, 3.8) is 0 Å². The molecule has 0 atom stereocenters. The number of nitrogens with zero attached hydrogens (tertiary/aromatic N) is 3. The molecule has 0 aromatic carbocycles. The van der Waals surface area contributed by atoms with Crippen LogP contribution in [-0.2, 0) is 7.05 Å². The molecule has 0 saturated heterocycles. The van der Waals surface area contributed by atoms with Crippen molar-refractivity contribution in [1.29, 1.82) is 0 Å². The molecule has 0 amide bonds. The van der Waals surface area contributed by atoms with Crippen LogP contribution in [0, 0.1) is 6.92 Å². The molecule has 0 unspecified atom stereocenters. The van der Waals surface area contributed by atoms with Crippen molar-refractivity contribution >= 4 is 11.7 Å². The number of hydrogen-bond donors (Lipinski definition) is 2. The van der Waals surface area contributed by atoms with Crippen molar-refractivity contribution in [2.75, 3.05) is 5.73 Å². The number of ether oxygens (including phenoxy) is 1. The first-order valence-electron chi connectivity index (χ1n) is 5.14. The van der Waals surface area contributed by atoms with Crippen LogP contribution in [0.1, 0.15) is 16.1 Å². The third kappa shape index (κ3) is 2.24. The zero-order valence-electron chi connectivity index (χ0n) is 9.91. The fourth-order valence-electron chi connectivity index (χ4n) is 1.48. The number of aromatic carboxylic acids is 1. The molecule has 2 aromatic rings. The molecule has 0 bridgehead atoms. The largest absolute Gasteiger partial charge is 0.477 e. The highest BCUT2D eigenvalue weighted by Gasteiger charge is 2.15. The number of nitrogen functional groups attached to an aromatic ring is 1. The molecule has 2 aromatic heterocycles. The highest BCUT2D eigenvalue weighted by atomic mass is 16.5. The first-order valence-corrected chi connectivity index (χ1v) is 5.14. The third-order valence-corrected chi connectivity index (χ3v) is 2.26. The van der Waals surface area contributed by atoms with Gasteiger partial charge in [0.05, 0.1) is 17.6 Å². The summed E-state index contributed by atoms with van der Waals surface area (Å²) in [5.41, 5.74) is 6.43. The topological polar surface area (TPSA) is 103 Å². The highest BCUT2D eigenvalue weighted by molar-refractivity contribution is 5.91. The molecule has 18 heavy (non-hydrogen) atoms. The maximum absolute atomic E-state index is 11.1. The van der Waals surface area contributed by atoms with E-state index in [4.69, 9.17) is 15.6 Å². The van der Waals surface area contributed by atoms with Gasteiger partial charge in [-0.15, -0.1) is 0 Å². The van der Waals surface area contributed by atoms with Crippen LogP contribution in [0.4, 0.5) is 5.69 Å². The van der Waals surface area contributed by atoms with E-state index in [0.29, 0.717) is 5.88 Å². The van der Waals surface area contributed by atoms with E-state index in [9.17, 15) is 4.79 Å². The van der Waals surface area contributed by atoms with Crippen LogP contribution in [0.2, 0.25) is 0 Å². The smallest absolute Gasteiger partial charge is 0.341 e. The minimum atomic E-state index is -1.15. The van der Waals surface area contributed by atoms with Gasteiger partial charge in [-0.1, -0.05) is 0 Å². The van der Waals surface area contributed by atoms with Gasteiger partial charge in [-0.25, -0.2) is 14.5 Å². The summed E-state index contributed by atoms with van der Waals surface area (Å²) in [5.74, 6) is -0.754. The lowest BCUT2D eigenvalue weighted by Crippen LogP contribution is -2.05. The van der Waals surface area contributed by atoms with E-state index >= 15 is 0 Å². The van der Waals surface area contributed by atoms with E-state index in [2.05, 4.69) is 10.1 Å². The zero-order chi connectivity index (χ0) is 13.3. The van der Waals surface area contributed by atoms with Crippen LogP contribution in [0.5, 0.6) is 11.8 Å². The number of aryl methyl sites for hydroxylation is 2. The van der Waals surface area contributed by atoms with Gasteiger partial charge < -0.3 is 15.6 Å². The number of carbonyl (C=O) groups is 1. The Labute approximate surface area is 103 Å². The van der Waals surface area contributed by atoms with Crippen molar-refractivity contribution < 1.29 is 14.6 Å². The van der Waals surface area contributed by atoms with Gasteiger partial charge in [-0.2, -0.15) is 5.10 Å². The molecule has 0 aliphatic carbocycles. The van der Waals surface area contributed by atoms with Crippen LogP contribution >= 0.6 is 0 Å². The molecule has 0 aliphatic heterocycles. The maximum atomic E-state index is 11.1. The van der Waals surface area contributed by atoms with Crippen LogP contribution in [-0.4, -0.2) is 25.8 Å². The number of aromatic nitrogens is 3. The van der Waals surface area contributed by atoms with Crippen LogP contribution in [0.25, 0.3) is 0 Å². The van der Waals surface area contributed by atoms with E-state index in [1.807, 2.05) is 0 Å². The molecule has 7 heteroatoms. The SMILES string of the molecule is Cc1cc(Oc2ncc(N)cc2C(=O)O)n(C)n1. The molecule has 0 saturated carbocycles. The summed E-state index contributed by atoms with van der Waals surface area (Å²) >= 11 is 0. The van der Waals surface area contributed by atoms with Crippen molar-refractivity contribution in [3.8, 4) is 11.8 Å². The minimum absolute atomic E-state index is 0.0142. The summed E-state index contributed by atoms with van der Waals surface area (Å²) in [5, 5.41) is 13.1. The highest BCUT2D eigenvalue weighted by Crippen LogP contribution is 2.24. The molecule has 2 heterocycles. The second kappa shape index (κ2) is 4.36. The van der Waals surface area contributed by atoms with E-state index in [0.717, 1.165) is 5.69 Å². The Morgan fingerprint density at radius 1 is 1.50 bits per heavy atom. The van der Waals surface area contributed by atoms with Crippen molar-refractivity contribution in [2.45, 2.75) is 6.92 Å². The number of carboxylic acids is 1. The average Bonchev–Trinajstić information content (AvgIpc) is 2.60. The van der Waals surface area contributed by atoms with E-state index in [-0.39, 0.29) is 17.1 Å². The Hall–Kier alpha value is -2.57. The Morgan fingerprint density at radius 2 is 2.22 bits per heavy atom. The van der Waals surface area contributed by atoms with Crippen molar-refractivity contribution in [2.24, 2.45) is 7.05 Å². The maximum Gasteiger partial charge on any atom is 0.341 e. The first-order chi connectivity index (χ1) is 8.47. The standard InChI is InChI=1S/C11H12N4O3/c1-6-3-9(15(2)14-6)18-10-8(11(16)17)4-7(12)5-13-10/h3-5H,12H2,1-2H3,(H,16,17). The Bertz CT molecular complexity index is 606. The number of rotatable bonds is 3. The number of pyridine rings is 1. The monoisotopic (exact) mass is 248 g/mol. The van der Waals surface area contributed by atoms with Crippen LogP contribution < -0.4 is 10.5 Å². The molecular formula is C11H12N4O3. The van der Waals surface area contributed by atoms with Gasteiger partial charge in [0.1, 0.15) is 5.56 Å². The van der Waals surface area contributed by atoms with Gasteiger partial charge >= 0.3 is 5.97 Å². The third-order valence-electron chi connectivity index (χ3n) is 2.26. The van der Waals surface area contributed by atoms with Gasteiger partial charge in [0, 0.05) is 13.1 Å². The minimum Gasteiger partial charge on any atom is -0.477 e. The molecule has 0 spiro atoms. The molecule has 3 N–H and O–H groups in total. The number of anilines is 1. The molecule has 94 valence electrons. The fourth-order valence-corrected chi connectivity index (χ4v) is 1.48. The number of nitrogens with two attached hydrogens (primary N) is 1. The number of hydrogen-bond acceptors (Lipinski definition) is 5. The van der Waals surface area contributed by atoms with Crippen LogP contribution in [0.15, 0.2) is 18.3 Å². The van der Waals surface area contributed by atoms with Gasteiger partial charge in [-0.05, 0) is 13.0 Å². The molecular weight excluding hydrogens is 236 g/mol. The van der Waals surface area contributed by atoms with E-state index < -0.39 is 5.97 Å². The lowest BCUT2D eigenvalue weighted by Gasteiger charge is -2.07. The second-order valence-corrected chi connectivity index (χ2v) is 3.78. The summed E-state index contributed by atoms with van der Waals surface area (Å²) in [4.78, 5) is 14.9. The van der Waals surface area contributed by atoms with Gasteiger partial charge in [0.2, 0.25) is 11.8 Å². The predicted molar refractivity (Wildman–Crippen MR) is 63.6 cm³/mol. The Balaban J connectivity index is 2.40. The summed E-state index contributed by atoms with van der Waals surface area (Å²) in [7, 11) is 1.69. The van der Waals surface area contributed by atoms with E-state index in [1.54, 1.807) is 20.0 Å². The first kappa shape index (κ1) is 11.9. The summed E-state index contributed by atoms with van der Waals surface area (Å²) in [6.07, 6.45) is 1.34. The van der Waals surface area contributed by atoms with E-state index in [1.165, 1.54) is 16.9 Å². The van der Waals surface area contributed by atoms with Crippen molar-refractivity contribution in [1.82, 2.24) is 14.8 Å².